The van der Waals surface area contributed by atoms with Crippen LogP contribution in [-0.4, -0.2) is 46.9 Å². The molecule has 4 rings (SSSR count). The van der Waals surface area contributed by atoms with E-state index in [1.54, 1.807) is 26.3 Å². The minimum absolute atomic E-state index is 0.124. The molecule has 30 heavy (non-hydrogen) atoms. The summed E-state index contributed by atoms with van der Waals surface area (Å²) in [6.07, 6.45) is 3.40. The molecule has 1 aliphatic heterocycles. The molecule has 0 radical (unpaired) electrons. The van der Waals surface area contributed by atoms with Gasteiger partial charge in [-0.05, 0) is 43.4 Å². The predicted octanol–water partition coefficient (Wildman–Crippen LogP) is 3.50. The molecule has 7 nitrogen and oxygen atoms in total. The Labute approximate surface area is 178 Å². The summed E-state index contributed by atoms with van der Waals surface area (Å²) in [6, 6.07) is 5.68. The van der Waals surface area contributed by atoms with E-state index in [9.17, 15) is 9.59 Å². The first-order valence-corrected chi connectivity index (χ1v) is 10.7. The second-order valence-electron chi connectivity index (χ2n) is 7.52. The van der Waals surface area contributed by atoms with Gasteiger partial charge in [0.1, 0.15) is 16.3 Å². The molecule has 1 aliphatic rings. The number of carbonyl (C=O) groups is 2. The maximum Gasteiger partial charge on any atom is 0.249 e. The molecule has 1 fully saturated rings. The number of ether oxygens (including phenoxy) is 1. The maximum atomic E-state index is 12.0. The number of piperidine rings is 1. The molecule has 0 atom stereocenters. The highest BCUT2D eigenvalue weighted by Gasteiger charge is 2.26. The summed E-state index contributed by atoms with van der Waals surface area (Å²) in [4.78, 5) is 34.7. The Morgan fingerprint density at radius 1 is 1.23 bits per heavy atom. The Morgan fingerprint density at radius 3 is 2.60 bits per heavy atom. The number of thiazole rings is 1. The van der Waals surface area contributed by atoms with E-state index in [2.05, 4.69) is 11.1 Å². The molecular weight excluding hydrogens is 400 g/mol. The van der Waals surface area contributed by atoms with E-state index in [1.165, 1.54) is 16.9 Å². The Morgan fingerprint density at radius 2 is 1.97 bits per heavy atom. The van der Waals surface area contributed by atoms with Gasteiger partial charge in [-0.25, -0.2) is 4.98 Å². The summed E-state index contributed by atoms with van der Waals surface area (Å²) in [6.45, 7) is 4.98. The number of aromatic nitrogens is 2. The Bertz CT molecular complexity index is 1130. The van der Waals surface area contributed by atoms with Crippen LogP contribution in [0.4, 0.5) is 0 Å². The molecule has 3 heterocycles. The number of fused-ring (bicyclic) bond motifs is 1. The zero-order valence-electron chi connectivity index (χ0n) is 17.3. The van der Waals surface area contributed by atoms with E-state index in [0.717, 1.165) is 36.1 Å². The van der Waals surface area contributed by atoms with Gasteiger partial charge < -0.3 is 15.4 Å². The van der Waals surface area contributed by atoms with Crippen molar-refractivity contribution in [3.05, 3.63) is 41.2 Å². The first kappa shape index (κ1) is 20.3. The highest BCUT2D eigenvalue weighted by molar-refractivity contribution is 7.22. The number of carbonyl (C=O) groups excluding carboxylic acids is 2. The van der Waals surface area contributed by atoms with E-state index in [4.69, 9.17) is 15.5 Å². The van der Waals surface area contributed by atoms with Crippen LogP contribution in [0.25, 0.3) is 20.8 Å². The van der Waals surface area contributed by atoms with E-state index < -0.39 is 5.91 Å². The van der Waals surface area contributed by atoms with Crippen molar-refractivity contribution < 1.29 is 14.3 Å². The number of methoxy groups -OCH3 is 1. The third kappa shape index (κ3) is 3.52. The van der Waals surface area contributed by atoms with Gasteiger partial charge in [-0.15, -0.1) is 11.3 Å². The molecule has 2 aromatic heterocycles. The van der Waals surface area contributed by atoms with Crippen molar-refractivity contribution in [3.8, 4) is 16.3 Å². The van der Waals surface area contributed by atoms with Crippen molar-refractivity contribution >= 4 is 33.4 Å². The van der Waals surface area contributed by atoms with Crippen LogP contribution in [0.1, 0.15) is 47.3 Å². The first-order chi connectivity index (χ1) is 14.4. The second-order valence-corrected chi connectivity index (χ2v) is 8.52. The Kier molecular flexibility index (Phi) is 5.42. The van der Waals surface area contributed by atoms with Gasteiger partial charge >= 0.3 is 0 Å². The number of benzene rings is 1. The van der Waals surface area contributed by atoms with Crippen molar-refractivity contribution in [2.75, 3.05) is 20.2 Å². The van der Waals surface area contributed by atoms with Crippen LogP contribution in [0.5, 0.6) is 5.75 Å². The Balaban J connectivity index is 1.82. The summed E-state index contributed by atoms with van der Waals surface area (Å²) >= 11 is 1.53. The normalized spacial score (nSPS) is 14.8. The molecule has 0 aliphatic carbocycles. The number of nitrogens with two attached hydrogens (primary N) is 1. The van der Waals surface area contributed by atoms with E-state index in [-0.39, 0.29) is 5.91 Å². The number of aryl methyl sites for hydroxylation is 1. The fraction of sp³-hybridized carbons (Fsp3) is 0.364. The molecule has 1 aromatic carbocycles. The van der Waals surface area contributed by atoms with Crippen molar-refractivity contribution in [2.24, 2.45) is 5.73 Å². The van der Waals surface area contributed by atoms with Crippen molar-refractivity contribution in [1.29, 1.82) is 0 Å². The second kappa shape index (κ2) is 8.02. The number of pyridine rings is 1. The lowest BCUT2D eigenvalue weighted by molar-refractivity contribution is -0.129. The molecule has 2 amide bonds. The molecular formula is C22H24N4O3S. The zero-order valence-corrected chi connectivity index (χ0v) is 18.1. The summed E-state index contributed by atoms with van der Waals surface area (Å²) in [5, 5.41) is 0.705. The Hall–Kier alpha value is -3.00. The lowest BCUT2D eigenvalue weighted by atomic mass is 9.89. The van der Waals surface area contributed by atoms with Crippen molar-refractivity contribution in [1.82, 2.24) is 14.9 Å². The van der Waals surface area contributed by atoms with Gasteiger partial charge in [0.15, 0.2) is 0 Å². The van der Waals surface area contributed by atoms with E-state index >= 15 is 0 Å². The minimum Gasteiger partial charge on any atom is -0.494 e. The highest BCUT2D eigenvalue weighted by Crippen LogP contribution is 2.42. The number of rotatable bonds is 4. The standard InChI is InChI=1S/C22H24N4O3S/c1-12-18(16(21(23)28)6-9-24-12)22-25-19-17(29-3)5-4-15(20(19)30-22)14-7-10-26(11-8-14)13(2)27/h4-6,9,14H,7-8,10-11H2,1-3H3,(H2,23,28). The number of hydrogen-bond donors (Lipinski definition) is 1. The maximum absolute atomic E-state index is 12.0. The molecule has 156 valence electrons. The number of amides is 2. The third-order valence-electron chi connectivity index (χ3n) is 5.76. The summed E-state index contributed by atoms with van der Waals surface area (Å²) in [5.74, 6) is 0.658. The van der Waals surface area contributed by atoms with Gasteiger partial charge in [0.2, 0.25) is 11.8 Å². The van der Waals surface area contributed by atoms with Gasteiger partial charge in [-0.1, -0.05) is 6.07 Å². The summed E-state index contributed by atoms with van der Waals surface area (Å²) in [7, 11) is 1.63. The average molecular weight is 425 g/mol. The molecule has 8 heteroatoms. The molecule has 0 spiro atoms. The summed E-state index contributed by atoms with van der Waals surface area (Å²) in [5.41, 5.74) is 9.39. The largest absolute Gasteiger partial charge is 0.494 e. The van der Waals surface area contributed by atoms with Crippen molar-refractivity contribution in [3.63, 3.8) is 0 Å². The summed E-state index contributed by atoms with van der Waals surface area (Å²) < 4.78 is 6.61. The monoisotopic (exact) mass is 424 g/mol. The van der Waals surface area contributed by atoms with Crippen LogP contribution in [0.15, 0.2) is 24.4 Å². The minimum atomic E-state index is -0.501. The quantitative estimate of drug-likeness (QED) is 0.691. The number of hydrogen-bond acceptors (Lipinski definition) is 6. The number of nitrogens with zero attached hydrogens (tertiary/aromatic N) is 3. The van der Waals surface area contributed by atoms with E-state index in [1.807, 2.05) is 17.9 Å². The smallest absolute Gasteiger partial charge is 0.249 e. The lowest BCUT2D eigenvalue weighted by Gasteiger charge is -2.31. The van der Waals surface area contributed by atoms with Crippen LogP contribution < -0.4 is 10.5 Å². The van der Waals surface area contributed by atoms with Gasteiger partial charge in [-0.3, -0.25) is 14.6 Å². The molecule has 2 N–H and O–H groups in total. The number of primary amides is 1. The van der Waals surface area contributed by atoms with Gasteiger partial charge in [-0.2, -0.15) is 0 Å². The third-order valence-corrected chi connectivity index (χ3v) is 6.88. The predicted molar refractivity (Wildman–Crippen MR) is 117 cm³/mol. The molecule has 3 aromatic rings. The molecule has 0 unspecified atom stereocenters. The lowest BCUT2D eigenvalue weighted by Crippen LogP contribution is -2.36. The van der Waals surface area contributed by atoms with Crippen LogP contribution in [0.3, 0.4) is 0 Å². The zero-order chi connectivity index (χ0) is 21.4. The fourth-order valence-corrected chi connectivity index (χ4v) is 5.43. The van der Waals surface area contributed by atoms with Crippen LogP contribution in [0, 0.1) is 6.92 Å². The first-order valence-electron chi connectivity index (χ1n) is 9.89. The molecule has 1 saturated heterocycles. The highest BCUT2D eigenvalue weighted by atomic mass is 32.1. The fourth-order valence-electron chi connectivity index (χ4n) is 4.14. The molecule has 0 bridgehead atoms. The van der Waals surface area contributed by atoms with Crippen LogP contribution in [0.2, 0.25) is 0 Å². The van der Waals surface area contributed by atoms with Crippen molar-refractivity contribution in [2.45, 2.75) is 32.6 Å². The van der Waals surface area contributed by atoms with Gasteiger partial charge in [0.25, 0.3) is 0 Å². The van der Waals surface area contributed by atoms with E-state index in [0.29, 0.717) is 33.5 Å². The number of likely N-dealkylation sites (tertiary alicyclic amines) is 1. The van der Waals surface area contributed by atoms with Crippen LogP contribution >= 0.6 is 11.3 Å². The van der Waals surface area contributed by atoms with Gasteiger partial charge in [0.05, 0.1) is 17.4 Å². The molecule has 0 saturated carbocycles. The van der Waals surface area contributed by atoms with Gasteiger partial charge in [0, 0.05) is 37.5 Å². The SMILES string of the molecule is COc1ccc(C2CCN(C(C)=O)CC2)c2sc(-c3c(C(N)=O)ccnc3C)nc12. The van der Waals surface area contributed by atoms with Crippen LogP contribution in [-0.2, 0) is 4.79 Å². The average Bonchev–Trinajstić information content (AvgIpc) is 3.17. The topological polar surface area (TPSA) is 98.4 Å².